The van der Waals surface area contributed by atoms with Gasteiger partial charge in [-0.3, -0.25) is 14.9 Å². The van der Waals surface area contributed by atoms with Crippen LogP contribution in [0.1, 0.15) is 31.7 Å². The lowest BCUT2D eigenvalue weighted by molar-refractivity contribution is -0.387. The summed E-state index contributed by atoms with van der Waals surface area (Å²) in [5.41, 5.74) is 0.447. The average molecular weight is 499 g/mol. The van der Waals surface area contributed by atoms with Crippen LogP contribution in [0.5, 0.6) is 11.5 Å². The summed E-state index contributed by atoms with van der Waals surface area (Å²) in [7, 11) is 0. The van der Waals surface area contributed by atoms with Gasteiger partial charge >= 0.3 is 5.97 Å². The van der Waals surface area contributed by atoms with E-state index in [1.807, 2.05) is 6.07 Å². The van der Waals surface area contributed by atoms with Crippen molar-refractivity contribution in [2.45, 2.75) is 42.0 Å². The molecule has 0 saturated carbocycles. The van der Waals surface area contributed by atoms with Gasteiger partial charge in [-0.05, 0) is 62.1 Å². The molecule has 0 spiro atoms. The van der Waals surface area contributed by atoms with Crippen LogP contribution in [0.15, 0.2) is 52.3 Å². The predicted octanol–water partition coefficient (Wildman–Crippen LogP) is 4.47. The Kier molecular flexibility index (Phi) is 7.91. The van der Waals surface area contributed by atoms with Gasteiger partial charge in [0.1, 0.15) is 19.3 Å². The number of piperidine rings is 1. The van der Waals surface area contributed by atoms with Crippen LogP contribution in [-0.2, 0) is 14.3 Å². The molecule has 0 N–H and O–H groups in total. The number of nitrogens with zero attached hydrogens (tertiary/aromatic N) is 2. The fourth-order valence-corrected chi connectivity index (χ4v) is 4.95. The molecule has 1 unspecified atom stereocenters. The number of hydrogen-bond acceptors (Lipinski definition) is 8. The Balaban J connectivity index is 1.50. The quantitative estimate of drug-likeness (QED) is 0.238. The van der Waals surface area contributed by atoms with Crippen molar-refractivity contribution in [3.63, 3.8) is 0 Å². The average Bonchev–Trinajstić information content (AvgIpc) is 2.87. The molecule has 10 heteroatoms. The molecule has 4 rings (SSSR count). The normalized spacial score (nSPS) is 17.3. The second-order valence-electron chi connectivity index (χ2n) is 8.02. The lowest BCUT2D eigenvalue weighted by atomic mass is 10.0. The van der Waals surface area contributed by atoms with Gasteiger partial charge in [0, 0.05) is 23.6 Å². The predicted molar refractivity (Wildman–Crippen MR) is 130 cm³/mol. The molecule has 1 fully saturated rings. The maximum atomic E-state index is 12.8. The maximum absolute atomic E-state index is 12.8. The minimum Gasteiger partial charge on any atom is -0.486 e. The van der Waals surface area contributed by atoms with Crippen molar-refractivity contribution in [1.29, 1.82) is 0 Å². The van der Waals surface area contributed by atoms with Crippen molar-refractivity contribution < 1.29 is 28.7 Å². The van der Waals surface area contributed by atoms with Crippen LogP contribution >= 0.6 is 11.8 Å². The van der Waals surface area contributed by atoms with E-state index in [0.717, 1.165) is 17.7 Å². The van der Waals surface area contributed by atoms with E-state index in [-0.39, 0.29) is 18.2 Å². The van der Waals surface area contributed by atoms with Crippen molar-refractivity contribution in [1.82, 2.24) is 4.90 Å². The van der Waals surface area contributed by atoms with E-state index < -0.39 is 16.9 Å². The van der Waals surface area contributed by atoms with Crippen LogP contribution in [0.2, 0.25) is 0 Å². The molecule has 1 atom stereocenters. The van der Waals surface area contributed by atoms with Crippen molar-refractivity contribution >= 4 is 35.4 Å². The van der Waals surface area contributed by atoms with E-state index in [2.05, 4.69) is 0 Å². The third-order valence-corrected chi connectivity index (χ3v) is 6.74. The van der Waals surface area contributed by atoms with E-state index >= 15 is 0 Å². The molecule has 2 aromatic carbocycles. The van der Waals surface area contributed by atoms with E-state index in [0.29, 0.717) is 48.1 Å². The molecule has 35 heavy (non-hydrogen) atoms. The lowest BCUT2D eigenvalue weighted by Gasteiger charge is -2.33. The number of amides is 1. The van der Waals surface area contributed by atoms with Crippen molar-refractivity contribution in [2.75, 3.05) is 26.4 Å². The van der Waals surface area contributed by atoms with Crippen molar-refractivity contribution in [3.05, 3.63) is 58.2 Å². The van der Waals surface area contributed by atoms with Gasteiger partial charge in [-0.25, -0.2) is 4.79 Å². The Morgan fingerprint density at radius 1 is 1.17 bits per heavy atom. The minimum atomic E-state index is -0.597. The zero-order valence-corrected chi connectivity index (χ0v) is 20.1. The van der Waals surface area contributed by atoms with E-state index in [4.69, 9.17) is 14.2 Å². The molecule has 0 radical (unpaired) electrons. The van der Waals surface area contributed by atoms with Crippen LogP contribution in [-0.4, -0.2) is 54.1 Å². The molecule has 2 aromatic rings. The summed E-state index contributed by atoms with van der Waals surface area (Å²) < 4.78 is 16.2. The standard InChI is InChI=1S/C25H26N2O7S/c1-2-32-25(29)19-5-3-4-12-26(19)24(28)11-7-17-6-10-23(20(15-17)27(30)31)35-18-8-9-21-22(16-18)34-14-13-33-21/h6-11,15-16,19H,2-5,12-14H2,1H3/b11-7+. The van der Waals surface area contributed by atoms with Crippen LogP contribution in [0, 0.1) is 10.1 Å². The van der Waals surface area contributed by atoms with Crippen molar-refractivity contribution in [3.8, 4) is 11.5 Å². The van der Waals surface area contributed by atoms with E-state index in [9.17, 15) is 19.7 Å². The molecular weight excluding hydrogens is 472 g/mol. The monoisotopic (exact) mass is 498 g/mol. The number of nitro groups is 1. The first-order chi connectivity index (χ1) is 17.0. The van der Waals surface area contributed by atoms with Crippen LogP contribution in [0.3, 0.4) is 0 Å². The molecule has 0 aliphatic carbocycles. The lowest BCUT2D eigenvalue weighted by Crippen LogP contribution is -2.48. The first-order valence-electron chi connectivity index (χ1n) is 11.5. The summed E-state index contributed by atoms with van der Waals surface area (Å²) in [5.74, 6) is 0.546. The number of fused-ring (bicyclic) bond motifs is 1. The SMILES string of the molecule is CCOC(=O)C1CCCCN1C(=O)/C=C/c1ccc(Sc2ccc3c(c2)OCCO3)c([N+](=O)[O-])c1. The topological polar surface area (TPSA) is 108 Å². The van der Waals surface area contributed by atoms with Crippen LogP contribution < -0.4 is 9.47 Å². The minimum absolute atomic E-state index is 0.0677. The van der Waals surface area contributed by atoms with Crippen LogP contribution in [0.4, 0.5) is 5.69 Å². The molecule has 0 bridgehead atoms. The van der Waals surface area contributed by atoms with Gasteiger partial charge < -0.3 is 19.1 Å². The summed E-state index contributed by atoms with van der Waals surface area (Å²) in [5, 5.41) is 11.8. The Hall–Kier alpha value is -3.53. The third-order valence-electron chi connectivity index (χ3n) is 5.68. The number of carbonyl (C=O) groups is 2. The number of benzene rings is 2. The molecule has 2 aliphatic heterocycles. The summed E-state index contributed by atoms with van der Waals surface area (Å²) >= 11 is 1.25. The molecule has 0 aromatic heterocycles. The number of nitro benzene ring substituents is 1. The second kappa shape index (κ2) is 11.3. The van der Waals surface area contributed by atoms with E-state index in [1.54, 1.807) is 31.2 Å². The number of carbonyl (C=O) groups excluding carboxylic acids is 2. The summed E-state index contributed by atoms with van der Waals surface area (Å²) in [6, 6.07) is 9.63. The van der Waals surface area contributed by atoms with Crippen molar-refractivity contribution in [2.24, 2.45) is 0 Å². The second-order valence-corrected chi connectivity index (χ2v) is 9.14. The van der Waals surface area contributed by atoms with Gasteiger partial charge in [0.15, 0.2) is 11.5 Å². The highest BCUT2D eigenvalue weighted by atomic mass is 32.2. The summed E-state index contributed by atoms with van der Waals surface area (Å²) in [4.78, 5) is 39.1. The van der Waals surface area contributed by atoms with Gasteiger partial charge in [-0.2, -0.15) is 0 Å². The highest BCUT2D eigenvalue weighted by Crippen LogP contribution is 2.40. The van der Waals surface area contributed by atoms with Crippen LogP contribution in [0.25, 0.3) is 6.08 Å². The molecule has 2 heterocycles. The number of likely N-dealkylation sites (tertiary alicyclic amines) is 1. The zero-order valence-electron chi connectivity index (χ0n) is 19.3. The van der Waals surface area contributed by atoms with Gasteiger partial charge in [-0.15, -0.1) is 0 Å². The zero-order chi connectivity index (χ0) is 24.8. The number of hydrogen-bond donors (Lipinski definition) is 0. The number of esters is 1. The fraction of sp³-hybridized carbons (Fsp3) is 0.360. The first-order valence-corrected chi connectivity index (χ1v) is 12.3. The smallest absolute Gasteiger partial charge is 0.328 e. The molecular formula is C25H26N2O7S. The Morgan fingerprint density at radius 2 is 1.97 bits per heavy atom. The van der Waals surface area contributed by atoms with E-state index in [1.165, 1.54) is 34.9 Å². The Bertz CT molecular complexity index is 1150. The largest absolute Gasteiger partial charge is 0.486 e. The number of ether oxygens (including phenoxy) is 3. The highest BCUT2D eigenvalue weighted by molar-refractivity contribution is 7.99. The summed E-state index contributed by atoms with van der Waals surface area (Å²) in [6.07, 6.45) is 5.11. The van der Waals surface area contributed by atoms with Gasteiger partial charge in [0.05, 0.1) is 16.4 Å². The molecule has 2 aliphatic rings. The van der Waals surface area contributed by atoms with Gasteiger partial charge in [0.2, 0.25) is 5.91 Å². The number of rotatable bonds is 7. The third kappa shape index (κ3) is 5.94. The maximum Gasteiger partial charge on any atom is 0.328 e. The first kappa shape index (κ1) is 24.6. The molecule has 184 valence electrons. The molecule has 9 nitrogen and oxygen atoms in total. The summed E-state index contributed by atoms with van der Waals surface area (Å²) in [6.45, 7) is 3.41. The van der Waals surface area contributed by atoms with Gasteiger partial charge in [0.25, 0.3) is 5.69 Å². The Morgan fingerprint density at radius 3 is 2.74 bits per heavy atom. The molecule has 1 amide bonds. The Labute approximate surface area is 207 Å². The highest BCUT2D eigenvalue weighted by Gasteiger charge is 2.32. The molecule has 1 saturated heterocycles. The fourth-order valence-electron chi connectivity index (χ4n) is 4.02. The van der Waals surface area contributed by atoms with Gasteiger partial charge in [-0.1, -0.05) is 17.8 Å².